The topological polar surface area (TPSA) is 25.8 Å². The zero-order valence-corrected chi connectivity index (χ0v) is 5.16. The number of halogens is 4. The Balaban J connectivity index is 3.31. The van der Waals surface area contributed by atoms with E-state index in [1.54, 1.807) is 0 Å². The molecule has 10 heavy (non-hydrogen) atoms. The summed E-state index contributed by atoms with van der Waals surface area (Å²) in [4.78, 5) is 5.41. The van der Waals surface area contributed by atoms with Crippen LogP contribution < -0.4 is 0 Å². The lowest BCUT2D eigenvalue weighted by atomic mass is 10.6. The minimum atomic E-state index is -1.72. The molecule has 0 aliphatic heterocycles. The highest BCUT2D eigenvalue weighted by molar-refractivity contribution is 6.28. The monoisotopic (exact) mass is 168 g/mol. The van der Waals surface area contributed by atoms with Crippen molar-refractivity contribution in [2.24, 2.45) is 0 Å². The van der Waals surface area contributed by atoms with E-state index in [0.717, 1.165) is 0 Å². The third-order valence-electron chi connectivity index (χ3n) is 0.743. The Labute approximate surface area is 58.7 Å². The van der Waals surface area contributed by atoms with Crippen molar-refractivity contribution in [1.82, 2.24) is 9.97 Å². The number of nitrogens with zero attached hydrogens (tertiary/aromatic N) is 2. The molecule has 0 fully saturated rings. The van der Waals surface area contributed by atoms with Gasteiger partial charge in [0.2, 0.25) is 11.1 Å². The standard InChI is InChI=1S/C4ClF3N2/c5-4-9-2(7)1(6)3(8)10-4. The normalized spacial score (nSPS) is 10.0. The molecule has 0 atom stereocenters. The van der Waals surface area contributed by atoms with Gasteiger partial charge in [0.05, 0.1) is 0 Å². The van der Waals surface area contributed by atoms with E-state index in [1.807, 2.05) is 0 Å². The average molecular weight is 169 g/mol. The molecule has 0 aliphatic rings. The van der Waals surface area contributed by atoms with Crippen LogP contribution in [0.2, 0.25) is 5.28 Å². The second-order valence-electron chi connectivity index (χ2n) is 1.39. The van der Waals surface area contributed by atoms with Gasteiger partial charge in [-0.3, -0.25) is 0 Å². The van der Waals surface area contributed by atoms with Crippen LogP contribution in [-0.4, -0.2) is 9.97 Å². The molecule has 0 bridgehead atoms. The Morgan fingerprint density at radius 1 is 1.00 bits per heavy atom. The number of aromatic nitrogens is 2. The largest absolute Gasteiger partial charge is 0.256 e. The first-order valence-corrected chi connectivity index (χ1v) is 2.53. The van der Waals surface area contributed by atoms with Gasteiger partial charge in [0.15, 0.2) is 0 Å². The van der Waals surface area contributed by atoms with Crippen molar-refractivity contribution in [1.29, 1.82) is 0 Å². The smallest absolute Gasteiger partial charge is 0.197 e. The molecule has 0 saturated heterocycles. The van der Waals surface area contributed by atoms with Crippen molar-refractivity contribution in [3.8, 4) is 0 Å². The van der Waals surface area contributed by atoms with Gasteiger partial charge in [-0.2, -0.15) is 23.1 Å². The van der Waals surface area contributed by atoms with Gasteiger partial charge >= 0.3 is 0 Å². The summed E-state index contributed by atoms with van der Waals surface area (Å²) in [7, 11) is 0. The first kappa shape index (κ1) is 7.27. The van der Waals surface area contributed by atoms with Crippen molar-refractivity contribution >= 4 is 11.6 Å². The van der Waals surface area contributed by atoms with Crippen molar-refractivity contribution in [2.45, 2.75) is 0 Å². The van der Waals surface area contributed by atoms with Crippen molar-refractivity contribution in [3.63, 3.8) is 0 Å². The maximum Gasteiger partial charge on any atom is 0.256 e. The summed E-state index contributed by atoms with van der Waals surface area (Å²) in [5.74, 6) is -4.89. The molecule has 0 spiro atoms. The van der Waals surface area contributed by atoms with E-state index in [1.165, 1.54) is 0 Å². The zero-order valence-electron chi connectivity index (χ0n) is 4.41. The van der Waals surface area contributed by atoms with Gasteiger partial charge < -0.3 is 0 Å². The summed E-state index contributed by atoms with van der Waals surface area (Å²) in [5.41, 5.74) is 0. The molecule has 54 valence electrons. The summed E-state index contributed by atoms with van der Waals surface area (Å²) in [6, 6.07) is 0. The molecule has 0 aromatic carbocycles. The van der Waals surface area contributed by atoms with E-state index in [4.69, 9.17) is 11.6 Å². The molecule has 0 aliphatic carbocycles. The highest BCUT2D eigenvalue weighted by atomic mass is 35.5. The average Bonchev–Trinajstić information content (AvgIpc) is 1.82. The third-order valence-corrected chi connectivity index (χ3v) is 0.912. The molecule has 0 N–H and O–H groups in total. The molecule has 0 radical (unpaired) electrons. The molecule has 1 heterocycles. The minimum absolute atomic E-state index is 0.656. The third kappa shape index (κ3) is 1.18. The van der Waals surface area contributed by atoms with E-state index >= 15 is 0 Å². The minimum Gasteiger partial charge on any atom is -0.197 e. The van der Waals surface area contributed by atoms with Crippen LogP contribution in [-0.2, 0) is 0 Å². The van der Waals surface area contributed by atoms with Gasteiger partial charge in [0.25, 0.3) is 11.9 Å². The Morgan fingerprint density at radius 2 is 1.40 bits per heavy atom. The predicted octanol–water partition coefficient (Wildman–Crippen LogP) is 1.55. The van der Waals surface area contributed by atoms with E-state index in [-0.39, 0.29) is 0 Å². The van der Waals surface area contributed by atoms with Crippen molar-refractivity contribution in [2.75, 3.05) is 0 Å². The summed E-state index contributed by atoms with van der Waals surface area (Å²) < 4.78 is 36.0. The second kappa shape index (κ2) is 2.42. The molecule has 0 amide bonds. The molecular weight excluding hydrogens is 169 g/mol. The van der Waals surface area contributed by atoms with Crippen molar-refractivity contribution in [3.05, 3.63) is 23.0 Å². The second-order valence-corrected chi connectivity index (χ2v) is 1.73. The van der Waals surface area contributed by atoms with Gasteiger partial charge in [-0.25, -0.2) is 0 Å². The Bertz CT molecular complexity index is 242. The zero-order chi connectivity index (χ0) is 7.72. The molecule has 1 aromatic heterocycles. The molecule has 0 saturated carbocycles. The predicted molar refractivity (Wildman–Crippen MR) is 26.9 cm³/mol. The molecule has 1 aromatic rings. The van der Waals surface area contributed by atoms with Crippen LogP contribution in [0.4, 0.5) is 13.2 Å². The van der Waals surface area contributed by atoms with E-state index in [0.29, 0.717) is 0 Å². The first-order valence-electron chi connectivity index (χ1n) is 2.15. The van der Waals surface area contributed by atoms with E-state index < -0.39 is 23.0 Å². The number of hydrogen-bond acceptors (Lipinski definition) is 2. The van der Waals surface area contributed by atoms with Gasteiger partial charge in [0.1, 0.15) is 0 Å². The molecule has 6 heteroatoms. The van der Waals surface area contributed by atoms with Gasteiger partial charge in [-0.1, -0.05) is 0 Å². The summed E-state index contributed by atoms with van der Waals surface area (Å²) >= 11 is 4.95. The van der Waals surface area contributed by atoms with Crippen LogP contribution in [0.25, 0.3) is 0 Å². The summed E-state index contributed by atoms with van der Waals surface area (Å²) in [5, 5.41) is -0.656. The lowest BCUT2D eigenvalue weighted by molar-refractivity contribution is 0.406. The van der Waals surface area contributed by atoms with Crippen molar-refractivity contribution < 1.29 is 13.2 Å². The lowest BCUT2D eigenvalue weighted by Crippen LogP contribution is -1.98. The van der Waals surface area contributed by atoms with Crippen LogP contribution in [0.3, 0.4) is 0 Å². The van der Waals surface area contributed by atoms with Gasteiger partial charge in [-0.05, 0) is 11.6 Å². The Hall–Kier alpha value is -0.840. The Kier molecular flexibility index (Phi) is 1.76. The number of rotatable bonds is 0. The van der Waals surface area contributed by atoms with Gasteiger partial charge in [0, 0.05) is 0 Å². The fourth-order valence-electron chi connectivity index (χ4n) is 0.370. The quantitative estimate of drug-likeness (QED) is 0.434. The maximum atomic E-state index is 12.0. The summed E-state index contributed by atoms with van der Waals surface area (Å²) in [6.45, 7) is 0. The fraction of sp³-hybridized carbons (Fsp3) is 0. The Morgan fingerprint density at radius 3 is 1.80 bits per heavy atom. The van der Waals surface area contributed by atoms with Crippen LogP contribution in [0.5, 0.6) is 0 Å². The maximum absolute atomic E-state index is 12.0. The van der Waals surface area contributed by atoms with Crippen LogP contribution in [0, 0.1) is 17.7 Å². The van der Waals surface area contributed by atoms with Crippen LogP contribution in [0.15, 0.2) is 0 Å². The number of hydrogen-bond donors (Lipinski definition) is 0. The highest BCUT2D eigenvalue weighted by Crippen LogP contribution is 2.08. The highest BCUT2D eigenvalue weighted by Gasteiger charge is 2.11. The molecular formula is C4ClF3N2. The van der Waals surface area contributed by atoms with Gasteiger partial charge in [-0.15, -0.1) is 0 Å². The van der Waals surface area contributed by atoms with Crippen LogP contribution >= 0.6 is 11.6 Å². The SMILES string of the molecule is Fc1nc(Cl)nc(F)c1F. The van der Waals surface area contributed by atoms with Crippen LogP contribution in [0.1, 0.15) is 0 Å². The fourth-order valence-corrected chi connectivity index (χ4v) is 0.519. The van der Waals surface area contributed by atoms with E-state index in [9.17, 15) is 13.2 Å². The molecule has 2 nitrogen and oxygen atoms in total. The molecule has 0 unspecified atom stereocenters. The van der Waals surface area contributed by atoms with E-state index in [2.05, 4.69) is 9.97 Å². The summed E-state index contributed by atoms with van der Waals surface area (Å²) in [6.07, 6.45) is 0. The molecule has 1 rings (SSSR count). The lowest BCUT2D eigenvalue weighted by Gasteiger charge is -1.91. The first-order chi connectivity index (χ1) is 4.61.